The summed E-state index contributed by atoms with van der Waals surface area (Å²) in [6, 6.07) is 5.75. The van der Waals surface area contributed by atoms with Gasteiger partial charge in [-0.2, -0.15) is 0 Å². The Kier molecular flexibility index (Phi) is 12.7. The first-order valence-electron chi connectivity index (χ1n) is 10.6. The Hall–Kier alpha value is -1.51. The molecule has 29 heavy (non-hydrogen) atoms. The minimum Gasteiger partial charge on any atom is -0.495 e. The molecule has 0 unspecified atom stereocenters. The van der Waals surface area contributed by atoms with Gasteiger partial charge < -0.3 is 20.7 Å². The summed E-state index contributed by atoms with van der Waals surface area (Å²) in [6.07, 6.45) is 9.54. The van der Waals surface area contributed by atoms with Crippen molar-refractivity contribution in [3.8, 4) is 5.75 Å². The molecule has 1 fully saturated rings. The van der Waals surface area contributed by atoms with E-state index in [1.807, 2.05) is 18.2 Å². The summed E-state index contributed by atoms with van der Waals surface area (Å²) in [4.78, 5) is 16.1. The van der Waals surface area contributed by atoms with Crippen molar-refractivity contribution in [3.05, 3.63) is 23.8 Å². The monoisotopic (exact) mass is 516 g/mol. The maximum absolute atomic E-state index is 11.4. The van der Waals surface area contributed by atoms with Crippen LogP contribution in [0.15, 0.2) is 23.2 Å². The summed E-state index contributed by atoms with van der Waals surface area (Å²) in [5, 5.41) is 9.56. The molecule has 0 aliphatic heterocycles. The zero-order valence-corrected chi connectivity index (χ0v) is 20.4. The molecule has 1 aliphatic rings. The second-order valence-electron chi connectivity index (χ2n) is 7.48. The van der Waals surface area contributed by atoms with Crippen LogP contribution < -0.4 is 20.7 Å². The van der Waals surface area contributed by atoms with E-state index in [0.717, 1.165) is 30.5 Å². The number of methoxy groups -OCH3 is 1. The first-order valence-corrected chi connectivity index (χ1v) is 10.6. The van der Waals surface area contributed by atoms with E-state index in [9.17, 15) is 4.79 Å². The number of hydrogen-bond donors (Lipinski definition) is 3. The van der Waals surface area contributed by atoms with E-state index >= 15 is 0 Å². The Balaban J connectivity index is 0.00000420. The molecule has 0 radical (unpaired) electrons. The maximum Gasteiger partial charge on any atom is 0.221 e. The molecule has 1 amide bonds. The van der Waals surface area contributed by atoms with Crippen LogP contribution in [-0.2, 0) is 11.3 Å². The van der Waals surface area contributed by atoms with Crippen LogP contribution in [0.5, 0.6) is 5.75 Å². The van der Waals surface area contributed by atoms with Gasteiger partial charge in [0, 0.05) is 20.0 Å². The fourth-order valence-electron chi connectivity index (χ4n) is 3.73. The van der Waals surface area contributed by atoms with Gasteiger partial charge >= 0.3 is 0 Å². The SMILES string of the molecule is CCNC(=NCc1ccc(OC)c(NC(C)=O)c1)NCCCC1CCCCC1.I. The highest BCUT2D eigenvalue weighted by molar-refractivity contribution is 14.0. The summed E-state index contributed by atoms with van der Waals surface area (Å²) in [7, 11) is 1.60. The Morgan fingerprint density at radius 1 is 1.21 bits per heavy atom. The molecule has 1 aromatic rings. The van der Waals surface area contributed by atoms with E-state index < -0.39 is 0 Å². The number of ether oxygens (including phenoxy) is 1. The van der Waals surface area contributed by atoms with Crippen LogP contribution in [0.3, 0.4) is 0 Å². The van der Waals surface area contributed by atoms with Gasteiger partial charge in [0.15, 0.2) is 5.96 Å². The van der Waals surface area contributed by atoms with Crippen LogP contribution in [0.1, 0.15) is 64.4 Å². The number of halogens is 1. The lowest BCUT2D eigenvalue weighted by molar-refractivity contribution is -0.114. The molecule has 0 heterocycles. The molecule has 0 saturated heterocycles. The van der Waals surface area contributed by atoms with Crippen molar-refractivity contribution in [1.82, 2.24) is 10.6 Å². The third-order valence-corrected chi connectivity index (χ3v) is 5.14. The Morgan fingerprint density at radius 2 is 1.97 bits per heavy atom. The number of carbonyl (C=O) groups excluding carboxylic acids is 1. The van der Waals surface area contributed by atoms with Gasteiger partial charge in [-0.1, -0.05) is 38.2 Å². The fraction of sp³-hybridized carbons (Fsp3) is 0.636. The van der Waals surface area contributed by atoms with Crippen molar-refractivity contribution in [2.75, 3.05) is 25.5 Å². The Bertz CT molecular complexity index is 646. The molecule has 6 nitrogen and oxygen atoms in total. The molecule has 0 atom stereocenters. The van der Waals surface area contributed by atoms with E-state index in [1.54, 1.807) is 7.11 Å². The van der Waals surface area contributed by atoms with E-state index in [1.165, 1.54) is 51.9 Å². The van der Waals surface area contributed by atoms with Crippen LogP contribution in [0, 0.1) is 5.92 Å². The number of rotatable bonds is 9. The average molecular weight is 516 g/mol. The number of nitrogens with one attached hydrogen (secondary N) is 3. The number of amides is 1. The molecule has 1 saturated carbocycles. The first-order chi connectivity index (χ1) is 13.6. The van der Waals surface area contributed by atoms with Gasteiger partial charge in [-0.05, 0) is 43.4 Å². The topological polar surface area (TPSA) is 74.8 Å². The van der Waals surface area contributed by atoms with Gasteiger partial charge in [-0.25, -0.2) is 4.99 Å². The average Bonchev–Trinajstić information content (AvgIpc) is 2.69. The van der Waals surface area contributed by atoms with Crippen molar-refractivity contribution in [2.24, 2.45) is 10.9 Å². The first kappa shape index (κ1) is 25.5. The third-order valence-electron chi connectivity index (χ3n) is 5.14. The van der Waals surface area contributed by atoms with Gasteiger partial charge in [-0.15, -0.1) is 24.0 Å². The van der Waals surface area contributed by atoms with Crippen LogP contribution in [-0.4, -0.2) is 32.1 Å². The number of hydrogen-bond acceptors (Lipinski definition) is 3. The fourth-order valence-corrected chi connectivity index (χ4v) is 3.73. The van der Waals surface area contributed by atoms with Crippen LogP contribution in [0.4, 0.5) is 5.69 Å². The summed E-state index contributed by atoms with van der Waals surface area (Å²) < 4.78 is 5.31. The maximum atomic E-state index is 11.4. The summed E-state index contributed by atoms with van der Waals surface area (Å²) in [5.74, 6) is 2.28. The lowest BCUT2D eigenvalue weighted by atomic mass is 9.86. The molecule has 2 rings (SSSR count). The predicted octanol–water partition coefficient (Wildman–Crippen LogP) is 4.69. The van der Waals surface area contributed by atoms with E-state index in [-0.39, 0.29) is 29.9 Å². The number of aliphatic imine (C=N–C) groups is 1. The smallest absolute Gasteiger partial charge is 0.221 e. The molecule has 3 N–H and O–H groups in total. The van der Waals surface area contributed by atoms with Crippen LogP contribution >= 0.6 is 24.0 Å². The molecule has 1 aliphatic carbocycles. The molecule has 1 aromatic carbocycles. The van der Waals surface area contributed by atoms with Crippen LogP contribution in [0.2, 0.25) is 0 Å². The van der Waals surface area contributed by atoms with Gasteiger partial charge in [0.05, 0.1) is 19.3 Å². The molecular weight excluding hydrogens is 479 g/mol. The van der Waals surface area contributed by atoms with Crippen molar-refractivity contribution >= 4 is 41.5 Å². The van der Waals surface area contributed by atoms with E-state index in [2.05, 4.69) is 27.9 Å². The zero-order chi connectivity index (χ0) is 20.2. The number of anilines is 1. The van der Waals surface area contributed by atoms with Gasteiger partial charge in [0.2, 0.25) is 5.91 Å². The lowest BCUT2D eigenvalue weighted by Crippen LogP contribution is -2.37. The highest BCUT2D eigenvalue weighted by Crippen LogP contribution is 2.27. The number of carbonyl (C=O) groups is 1. The number of benzene rings is 1. The van der Waals surface area contributed by atoms with Crippen molar-refractivity contribution in [1.29, 1.82) is 0 Å². The minimum absolute atomic E-state index is 0. The van der Waals surface area contributed by atoms with Crippen LogP contribution in [0.25, 0.3) is 0 Å². The van der Waals surface area contributed by atoms with Crippen molar-refractivity contribution in [3.63, 3.8) is 0 Å². The standard InChI is InChI=1S/C22H36N4O2.HI/c1-4-23-22(24-14-8-11-18-9-6-5-7-10-18)25-16-19-12-13-21(28-3)20(15-19)26-17(2)27;/h12-13,15,18H,4-11,14,16H2,1-3H3,(H,26,27)(H2,23,24,25);1H. The van der Waals surface area contributed by atoms with Gasteiger partial charge in [0.1, 0.15) is 5.75 Å². The van der Waals surface area contributed by atoms with Gasteiger partial charge in [-0.3, -0.25) is 4.79 Å². The quantitative estimate of drug-likeness (QED) is 0.193. The van der Waals surface area contributed by atoms with Crippen molar-refractivity contribution < 1.29 is 9.53 Å². The Labute approximate surface area is 192 Å². The molecule has 0 spiro atoms. The van der Waals surface area contributed by atoms with Gasteiger partial charge in [0.25, 0.3) is 0 Å². The predicted molar refractivity (Wildman–Crippen MR) is 131 cm³/mol. The molecule has 164 valence electrons. The summed E-state index contributed by atoms with van der Waals surface area (Å²) in [6.45, 7) is 5.87. The highest BCUT2D eigenvalue weighted by Gasteiger charge is 2.12. The normalized spacial score (nSPS) is 14.7. The largest absolute Gasteiger partial charge is 0.495 e. The van der Waals surface area contributed by atoms with E-state index in [4.69, 9.17) is 4.74 Å². The molecule has 0 bridgehead atoms. The number of nitrogens with zero attached hydrogens (tertiary/aromatic N) is 1. The minimum atomic E-state index is -0.119. The third kappa shape index (κ3) is 9.69. The Morgan fingerprint density at radius 3 is 2.62 bits per heavy atom. The molecule has 0 aromatic heterocycles. The molecular formula is C22H37IN4O2. The van der Waals surface area contributed by atoms with E-state index in [0.29, 0.717) is 18.0 Å². The highest BCUT2D eigenvalue weighted by atomic mass is 127. The van der Waals surface area contributed by atoms with Crippen molar-refractivity contribution in [2.45, 2.75) is 65.3 Å². The summed E-state index contributed by atoms with van der Waals surface area (Å²) in [5.41, 5.74) is 1.69. The second-order valence-corrected chi connectivity index (χ2v) is 7.48. The lowest BCUT2D eigenvalue weighted by Gasteiger charge is -2.21. The second kappa shape index (κ2) is 14.5. The molecule has 7 heteroatoms. The number of guanidine groups is 1. The summed E-state index contributed by atoms with van der Waals surface area (Å²) >= 11 is 0. The zero-order valence-electron chi connectivity index (χ0n) is 18.1.